The number of aryl methyl sites for hydroxylation is 1. The van der Waals surface area contributed by atoms with Crippen LogP contribution < -0.4 is 5.32 Å². The third kappa shape index (κ3) is 2.71. The Morgan fingerprint density at radius 1 is 1.27 bits per heavy atom. The number of aliphatic hydroxyl groups is 1. The van der Waals surface area contributed by atoms with Crippen LogP contribution in [0.3, 0.4) is 0 Å². The first-order valence-electron chi connectivity index (χ1n) is 6.87. The molecule has 0 saturated heterocycles. The van der Waals surface area contributed by atoms with Crippen LogP contribution in [0, 0.1) is 6.92 Å². The lowest BCUT2D eigenvalue weighted by atomic mass is 10.1. The first-order chi connectivity index (χ1) is 10.6. The highest BCUT2D eigenvalue weighted by Gasteiger charge is 2.20. The number of carbonyl (C=O) groups excluding carboxylic acids is 1. The van der Waals surface area contributed by atoms with E-state index in [2.05, 4.69) is 10.3 Å². The van der Waals surface area contributed by atoms with Gasteiger partial charge in [-0.05, 0) is 42.1 Å². The molecule has 0 radical (unpaired) electrons. The van der Waals surface area contributed by atoms with Crippen molar-refractivity contribution >= 4 is 34.1 Å². The largest absolute Gasteiger partial charge is 0.378 e. The molecule has 0 bridgehead atoms. The first kappa shape index (κ1) is 14.6. The molecule has 1 heterocycles. The van der Waals surface area contributed by atoms with Crippen LogP contribution in [0.2, 0.25) is 5.02 Å². The number of carbonyl (C=O) groups is 1. The average molecular weight is 315 g/mol. The number of aliphatic hydroxyl groups excluding tert-OH is 1. The maximum Gasteiger partial charge on any atom is 0.257 e. The summed E-state index contributed by atoms with van der Waals surface area (Å²) in [4.78, 5) is 15.4. The van der Waals surface area contributed by atoms with E-state index in [4.69, 9.17) is 11.6 Å². The fourth-order valence-electron chi connectivity index (χ4n) is 2.39. The summed E-state index contributed by atoms with van der Waals surface area (Å²) in [7, 11) is 0. The van der Waals surface area contributed by atoms with Gasteiger partial charge in [0.2, 0.25) is 0 Å². The third-order valence-electron chi connectivity index (χ3n) is 3.60. The Labute approximate surface area is 132 Å². The lowest BCUT2D eigenvalue weighted by Crippen LogP contribution is -2.21. The van der Waals surface area contributed by atoms with Crippen molar-refractivity contribution < 1.29 is 9.90 Å². The van der Waals surface area contributed by atoms with E-state index in [-0.39, 0.29) is 0 Å². The van der Waals surface area contributed by atoms with Crippen molar-refractivity contribution in [1.29, 1.82) is 0 Å². The smallest absolute Gasteiger partial charge is 0.257 e. The molecule has 3 rings (SSSR count). The van der Waals surface area contributed by atoms with Gasteiger partial charge in [-0.15, -0.1) is 0 Å². The van der Waals surface area contributed by atoms with Crippen LogP contribution >= 0.6 is 11.6 Å². The minimum Gasteiger partial charge on any atom is -0.378 e. The topological polar surface area (TPSA) is 65.1 Å². The van der Waals surface area contributed by atoms with Crippen molar-refractivity contribution in [2.75, 3.05) is 5.32 Å². The number of nitrogens with one attached hydrogen (secondary N) is 2. The monoisotopic (exact) mass is 314 g/mol. The Morgan fingerprint density at radius 3 is 2.82 bits per heavy atom. The number of aromatic amines is 1. The van der Waals surface area contributed by atoms with E-state index in [1.165, 1.54) is 0 Å². The van der Waals surface area contributed by atoms with E-state index >= 15 is 0 Å². The van der Waals surface area contributed by atoms with Gasteiger partial charge >= 0.3 is 0 Å². The molecule has 3 aromatic rings. The second-order valence-corrected chi connectivity index (χ2v) is 5.55. The molecule has 1 amide bonds. The fraction of sp³-hybridized carbons (Fsp3) is 0.118. The van der Waals surface area contributed by atoms with Crippen LogP contribution in [0.15, 0.2) is 48.7 Å². The molecule has 0 spiro atoms. The zero-order valence-electron chi connectivity index (χ0n) is 11.9. The van der Waals surface area contributed by atoms with Gasteiger partial charge < -0.3 is 15.4 Å². The van der Waals surface area contributed by atoms with E-state index in [0.717, 1.165) is 16.5 Å². The van der Waals surface area contributed by atoms with Crippen LogP contribution in [0.4, 0.5) is 5.69 Å². The number of H-pyrrole nitrogens is 1. The van der Waals surface area contributed by atoms with Gasteiger partial charge in [-0.25, -0.2) is 0 Å². The number of fused-ring (bicyclic) bond motifs is 1. The number of halogens is 1. The molecule has 0 unspecified atom stereocenters. The molecular formula is C17H15ClN2O2. The van der Waals surface area contributed by atoms with Gasteiger partial charge in [0.25, 0.3) is 5.91 Å². The summed E-state index contributed by atoms with van der Waals surface area (Å²) in [6, 6.07) is 12.5. The quantitative estimate of drug-likeness (QED) is 0.688. The lowest BCUT2D eigenvalue weighted by molar-refractivity contribution is -0.124. The molecule has 0 aliphatic rings. The molecule has 3 N–H and O–H groups in total. The van der Waals surface area contributed by atoms with Gasteiger partial charge in [-0.2, -0.15) is 0 Å². The molecule has 0 aliphatic carbocycles. The Kier molecular flexibility index (Phi) is 3.88. The lowest BCUT2D eigenvalue weighted by Gasteiger charge is -2.14. The highest BCUT2D eigenvalue weighted by Crippen LogP contribution is 2.26. The van der Waals surface area contributed by atoms with Crippen LogP contribution in [0.25, 0.3) is 10.9 Å². The molecular weight excluding hydrogens is 300 g/mol. The summed E-state index contributed by atoms with van der Waals surface area (Å²) in [5, 5.41) is 14.4. The SMILES string of the molecule is Cc1cc2cc[nH]c2cc1NC(=O)[C@H](O)c1ccccc1Cl. The second kappa shape index (κ2) is 5.83. The van der Waals surface area contributed by atoms with Crippen LogP contribution in [0.1, 0.15) is 17.2 Å². The van der Waals surface area contributed by atoms with Gasteiger partial charge in [0.15, 0.2) is 6.10 Å². The summed E-state index contributed by atoms with van der Waals surface area (Å²) in [6.07, 6.45) is 0.529. The van der Waals surface area contributed by atoms with Gasteiger partial charge in [-0.1, -0.05) is 29.8 Å². The van der Waals surface area contributed by atoms with Crippen molar-refractivity contribution in [3.8, 4) is 0 Å². The number of anilines is 1. The summed E-state index contributed by atoms with van der Waals surface area (Å²) >= 11 is 6.02. The number of benzene rings is 2. The predicted molar refractivity (Wildman–Crippen MR) is 88.1 cm³/mol. The third-order valence-corrected chi connectivity index (χ3v) is 3.95. The molecule has 0 fully saturated rings. The van der Waals surface area contributed by atoms with Gasteiger partial charge in [0.05, 0.1) is 0 Å². The van der Waals surface area contributed by atoms with E-state index in [9.17, 15) is 9.90 Å². The van der Waals surface area contributed by atoms with Crippen molar-refractivity contribution in [3.63, 3.8) is 0 Å². The van der Waals surface area contributed by atoms with Gasteiger partial charge in [-0.3, -0.25) is 4.79 Å². The molecule has 22 heavy (non-hydrogen) atoms. The van der Waals surface area contributed by atoms with Crippen LogP contribution in [0.5, 0.6) is 0 Å². The van der Waals surface area contributed by atoms with Crippen molar-refractivity contribution in [1.82, 2.24) is 4.98 Å². The van der Waals surface area contributed by atoms with Crippen molar-refractivity contribution in [2.45, 2.75) is 13.0 Å². The minimum atomic E-state index is -1.31. The fourth-order valence-corrected chi connectivity index (χ4v) is 2.63. The summed E-state index contributed by atoms with van der Waals surface area (Å²) in [6.45, 7) is 1.91. The number of hydrogen-bond acceptors (Lipinski definition) is 2. The van der Waals surface area contributed by atoms with Crippen molar-refractivity contribution in [2.24, 2.45) is 0 Å². The number of rotatable bonds is 3. The zero-order chi connectivity index (χ0) is 15.7. The summed E-state index contributed by atoms with van der Waals surface area (Å²) < 4.78 is 0. The molecule has 1 atom stereocenters. The van der Waals surface area contributed by atoms with Gasteiger partial charge in [0.1, 0.15) is 0 Å². The number of amides is 1. The molecule has 5 heteroatoms. The standard InChI is InChI=1S/C17H15ClN2O2/c1-10-8-11-6-7-19-15(11)9-14(10)20-17(22)16(21)12-4-2-3-5-13(12)18/h2-9,16,19,21H,1H3,(H,20,22)/t16-/m1/s1. The van der Waals surface area contributed by atoms with Crippen molar-refractivity contribution in [3.05, 3.63) is 64.8 Å². The Morgan fingerprint density at radius 2 is 2.05 bits per heavy atom. The first-order valence-corrected chi connectivity index (χ1v) is 7.25. The molecule has 2 aromatic carbocycles. The Balaban J connectivity index is 1.86. The predicted octanol–water partition coefficient (Wildman–Crippen LogP) is 3.80. The molecule has 1 aromatic heterocycles. The maximum absolute atomic E-state index is 12.3. The molecule has 0 aliphatic heterocycles. The number of hydrogen-bond donors (Lipinski definition) is 3. The van der Waals surface area contributed by atoms with Crippen LogP contribution in [-0.4, -0.2) is 16.0 Å². The maximum atomic E-state index is 12.3. The zero-order valence-corrected chi connectivity index (χ0v) is 12.7. The highest BCUT2D eigenvalue weighted by molar-refractivity contribution is 6.31. The van der Waals surface area contributed by atoms with Crippen LogP contribution in [-0.2, 0) is 4.79 Å². The summed E-state index contributed by atoms with van der Waals surface area (Å²) in [5.74, 6) is -0.512. The van der Waals surface area contributed by atoms with E-state index in [1.807, 2.05) is 31.3 Å². The normalized spacial score (nSPS) is 12.3. The summed E-state index contributed by atoms with van der Waals surface area (Å²) in [5.41, 5.74) is 2.89. The Bertz CT molecular complexity index is 842. The van der Waals surface area contributed by atoms with E-state index < -0.39 is 12.0 Å². The van der Waals surface area contributed by atoms with Gasteiger partial charge in [0, 0.05) is 28.0 Å². The second-order valence-electron chi connectivity index (χ2n) is 5.15. The molecule has 4 nitrogen and oxygen atoms in total. The number of aromatic nitrogens is 1. The molecule has 112 valence electrons. The van der Waals surface area contributed by atoms with E-state index in [0.29, 0.717) is 16.3 Å². The minimum absolute atomic E-state index is 0.363. The van der Waals surface area contributed by atoms with E-state index in [1.54, 1.807) is 24.3 Å². The highest BCUT2D eigenvalue weighted by atomic mass is 35.5. The average Bonchev–Trinajstić information content (AvgIpc) is 2.94. The Hall–Kier alpha value is -2.30. The molecule has 0 saturated carbocycles.